The molecule has 3 heterocycles. The summed E-state index contributed by atoms with van der Waals surface area (Å²) in [6.45, 7) is 2.13. The highest BCUT2D eigenvalue weighted by molar-refractivity contribution is 7.16. The Morgan fingerprint density at radius 2 is 1.74 bits per heavy atom. The number of thiophene rings is 1. The molecule has 0 fully saturated rings. The Morgan fingerprint density at radius 3 is 2.43 bits per heavy atom. The number of hydrogen-bond acceptors (Lipinski definition) is 9. The number of hydrazone groups is 1. The van der Waals surface area contributed by atoms with Crippen molar-refractivity contribution in [2.24, 2.45) is 5.10 Å². The number of aromatic nitrogens is 1. The standard InChI is InChI=1S/C33H29N3O4S2/c1-4-29-31(21-12-15-24(16-13-21)40-32(37)22-9-6-5-7-10-22)34-33(42-29)36-26(20-25(35-36)30-11-8-18-41-30)23-14-17-27(38-2)28(19-23)39-3/h5-19,26H,4,20H2,1-3H3/t26-/m1/s1. The minimum Gasteiger partial charge on any atom is -0.493 e. The molecule has 0 radical (unpaired) electrons. The third-order valence-electron chi connectivity index (χ3n) is 7.06. The van der Waals surface area contributed by atoms with Crippen LogP contribution in [-0.4, -0.2) is 30.9 Å². The molecule has 0 aliphatic carbocycles. The number of carbonyl (C=O) groups is 1. The first-order valence-electron chi connectivity index (χ1n) is 13.6. The van der Waals surface area contributed by atoms with Crippen LogP contribution in [0.4, 0.5) is 5.13 Å². The highest BCUT2D eigenvalue weighted by Gasteiger charge is 2.33. The largest absolute Gasteiger partial charge is 0.493 e. The van der Waals surface area contributed by atoms with Crippen LogP contribution in [0.15, 0.2) is 95.4 Å². The fourth-order valence-corrected chi connectivity index (χ4v) is 6.67. The predicted octanol–water partition coefficient (Wildman–Crippen LogP) is 8.03. The van der Waals surface area contributed by atoms with Gasteiger partial charge in [-0.15, -0.1) is 11.3 Å². The molecule has 2 aromatic heterocycles. The summed E-state index contributed by atoms with van der Waals surface area (Å²) in [6.07, 6.45) is 1.57. The van der Waals surface area contributed by atoms with E-state index >= 15 is 0 Å². The molecule has 6 rings (SSSR count). The molecule has 3 aromatic carbocycles. The molecule has 7 nitrogen and oxygen atoms in total. The van der Waals surface area contributed by atoms with Crippen LogP contribution in [0.25, 0.3) is 11.3 Å². The van der Waals surface area contributed by atoms with Crippen molar-refractivity contribution >= 4 is 39.5 Å². The lowest BCUT2D eigenvalue weighted by molar-refractivity contribution is 0.0735. The average Bonchev–Trinajstić information content (AvgIpc) is 3.81. The lowest BCUT2D eigenvalue weighted by Crippen LogP contribution is -2.18. The summed E-state index contributed by atoms with van der Waals surface area (Å²) in [5.74, 6) is 1.47. The highest BCUT2D eigenvalue weighted by atomic mass is 32.1. The number of nitrogens with zero attached hydrogens (tertiary/aromatic N) is 3. The lowest BCUT2D eigenvalue weighted by atomic mass is 10.0. The molecule has 0 N–H and O–H groups in total. The second-order valence-corrected chi connectivity index (χ2v) is 11.6. The molecule has 0 unspecified atom stereocenters. The van der Waals surface area contributed by atoms with E-state index in [1.54, 1.807) is 49.0 Å². The third kappa shape index (κ3) is 5.53. The molecule has 0 amide bonds. The van der Waals surface area contributed by atoms with E-state index < -0.39 is 0 Å². The van der Waals surface area contributed by atoms with E-state index in [9.17, 15) is 4.79 Å². The van der Waals surface area contributed by atoms with E-state index in [1.165, 1.54) is 0 Å². The summed E-state index contributed by atoms with van der Waals surface area (Å²) < 4.78 is 16.7. The number of benzene rings is 3. The molecular formula is C33H29N3O4S2. The van der Waals surface area contributed by atoms with Crippen LogP contribution in [0.2, 0.25) is 0 Å². The van der Waals surface area contributed by atoms with Crippen molar-refractivity contribution in [2.45, 2.75) is 25.8 Å². The van der Waals surface area contributed by atoms with Gasteiger partial charge in [0.05, 0.1) is 42.1 Å². The van der Waals surface area contributed by atoms with Crippen LogP contribution < -0.4 is 19.2 Å². The van der Waals surface area contributed by atoms with Gasteiger partial charge in [0.2, 0.25) is 5.13 Å². The van der Waals surface area contributed by atoms with Gasteiger partial charge in [-0.1, -0.05) is 48.6 Å². The first-order valence-corrected chi connectivity index (χ1v) is 15.3. The topological polar surface area (TPSA) is 73.2 Å². The molecule has 0 spiro atoms. The third-order valence-corrected chi connectivity index (χ3v) is 9.17. The molecule has 5 aromatic rings. The summed E-state index contributed by atoms with van der Waals surface area (Å²) in [5, 5.41) is 10.0. The second kappa shape index (κ2) is 12.2. The molecular weight excluding hydrogens is 567 g/mol. The SMILES string of the molecule is CCc1sc(N2N=C(c3cccs3)C[C@@H]2c2ccc(OC)c(OC)c2)nc1-c1ccc(OC(=O)c2ccccc2)cc1. The summed E-state index contributed by atoms with van der Waals surface area (Å²) in [6, 6.07) is 26.6. The van der Waals surface area contributed by atoms with Crippen LogP contribution in [-0.2, 0) is 6.42 Å². The van der Waals surface area contributed by atoms with E-state index in [1.807, 2.05) is 65.7 Å². The fraction of sp³-hybridized carbons (Fsp3) is 0.182. The maximum atomic E-state index is 12.5. The Labute approximate surface area is 252 Å². The van der Waals surface area contributed by atoms with Gasteiger partial charge in [-0.2, -0.15) is 5.10 Å². The first kappa shape index (κ1) is 27.7. The predicted molar refractivity (Wildman–Crippen MR) is 169 cm³/mol. The van der Waals surface area contributed by atoms with Crippen LogP contribution in [0.1, 0.15) is 45.1 Å². The fourth-order valence-electron chi connectivity index (χ4n) is 4.92. The summed E-state index contributed by atoms with van der Waals surface area (Å²) in [4.78, 5) is 19.9. The zero-order chi connectivity index (χ0) is 29.1. The highest BCUT2D eigenvalue weighted by Crippen LogP contribution is 2.43. The molecule has 1 aliphatic heterocycles. The van der Waals surface area contributed by atoms with Gasteiger partial charge in [-0.05, 0) is 72.0 Å². The van der Waals surface area contributed by atoms with Crippen LogP contribution in [0, 0.1) is 0 Å². The lowest BCUT2D eigenvalue weighted by Gasteiger charge is -2.22. The molecule has 212 valence electrons. The zero-order valence-corrected chi connectivity index (χ0v) is 25.1. The van der Waals surface area contributed by atoms with Crippen LogP contribution in [0.5, 0.6) is 17.2 Å². The Bertz CT molecular complexity index is 1710. The van der Waals surface area contributed by atoms with Crippen molar-refractivity contribution in [3.05, 3.63) is 111 Å². The van der Waals surface area contributed by atoms with E-state index in [2.05, 4.69) is 24.4 Å². The van der Waals surface area contributed by atoms with Gasteiger partial charge in [0.1, 0.15) is 5.75 Å². The Kier molecular flexibility index (Phi) is 8.03. The molecule has 0 saturated carbocycles. The summed E-state index contributed by atoms with van der Waals surface area (Å²) in [7, 11) is 3.29. The first-order chi connectivity index (χ1) is 20.6. The number of esters is 1. The number of anilines is 1. The molecule has 1 aliphatic rings. The zero-order valence-electron chi connectivity index (χ0n) is 23.4. The van der Waals surface area contributed by atoms with E-state index in [0.717, 1.165) is 50.3 Å². The van der Waals surface area contributed by atoms with Crippen molar-refractivity contribution < 1.29 is 19.0 Å². The maximum Gasteiger partial charge on any atom is 0.343 e. The number of methoxy groups -OCH3 is 2. The Balaban J connectivity index is 1.32. The minimum absolute atomic E-state index is 0.0506. The van der Waals surface area contributed by atoms with Gasteiger partial charge in [0.25, 0.3) is 0 Å². The van der Waals surface area contributed by atoms with Crippen LogP contribution >= 0.6 is 22.7 Å². The number of aryl methyl sites for hydroxylation is 1. The molecule has 9 heteroatoms. The van der Waals surface area contributed by atoms with Crippen molar-refractivity contribution in [3.8, 4) is 28.5 Å². The van der Waals surface area contributed by atoms with Crippen molar-refractivity contribution in [1.82, 2.24) is 4.98 Å². The Morgan fingerprint density at radius 1 is 0.952 bits per heavy atom. The number of thiazole rings is 1. The van der Waals surface area contributed by atoms with Crippen LogP contribution in [0.3, 0.4) is 0 Å². The average molecular weight is 596 g/mol. The van der Waals surface area contributed by atoms with Gasteiger partial charge in [0, 0.05) is 16.9 Å². The maximum absolute atomic E-state index is 12.5. The number of rotatable bonds is 9. The summed E-state index contributed by atoms with van der Waals surface area (Å²) >= 11 is 3.34. The number of ether oxygens (including phenoxy) is 3. The van der Waals surface area contributed by atoms with Gasteiger partial charge >= 0.3 is 5.97 Å². The molecule has 0 saturated heterocycles. The number of carbonyl (C=O) groups excluding carboxylic acids is 1. The van der Waals surface area contributed by atoms with E-state index in [0.29, 0.717) is 22.8 Å². The van der Waals surface area contributed by atoms with Crippen molar-refractivity contribution in [2.75, 3.05) is 19.2 Å². The van der Waals surface area contributed by atoms with Crippen molar-refractivity contribution in [1.29, 1.82) is 0 Å². The molecule has 42 heavy (non-hydrogen) atoms. The smallest absolute Gasteiger partial charge is 0.343 e. The quantitative estimate of drug-likeness (QED) is 0.127. The summed E-state index contributed by atoms with van der Waals surface area (Å²) in [5.41, 5.74) is 4.48. The van der Waals surface area contributed by atoms with E-state index in [-0.39, 0.29) is 12.0 Å². The Hall–Kier alpha value is -4.47. The normalized spacial score (nSPS) is 14.5. The van der Waals surface area contributed by atoms with E-state index in [4.69, 9.17) is 24.3 Å². The van der Waals surface area contributed by atoms with Gasteiger partial charge in [0.15, 0.2) is 11.5 Å². The van der Waals surface area contributed by atoms with Crippen molar-refractivity contribution in [3.63, 3.8) is 0 Å². The minimum atomic E-state index is -0.386. The number of hydrogen-bond donors (Lipinski definition) is 0. The van der Waals surface area contributed by atoms with Gasteiger partial charge < -0.3 is 14.2 Å². The molecule has 1 atom stereocenters. The van der Waals surface area contributed by atoms with Gasteiger partial charge in [-0.25, -0.2) is 14.8 Å². The monoisotopic (exact) mass is 595 g/mol. The molecule has 0 bridgehead atoms. The van der Waals surface area contributed by atoms with Gasteiger partial charge in [-0.3, -0.25) is 0 Å². The second-order valence-electron chi connectivity index (χ2n) is 9.60.